The first-order chi connectivity index (χ1) is 20.4. The van der Waals surface area contributed by atoms with Crippen molar-refractivity contribution in [3.05, 3.63) is 107 Å². The van der Waals surface area contributed by atoms with Crippen LogP contribution in [0.25, 0.3) is 0 Å². The van der Waals surface area contributed by atoms with Crippen LogP contribution in [-0.2, 0) is 9.59 Å². The van der Waals surface area contributed by atoms with Gasteiger partial charge in [-0.25, -0.2) is 0 Å². The number of piperazine rings is 1. The number of hydrogen-bond acceptors (Lipinski definition) is 6. The molecule has 0 aliphatic carbocycles. The van der Waals surface area contributed by atoms with Crippen LogP contribution in [0.4, 0.5) is 0 Å². The minimum Gasteiger partial charge on any atom is -0.330 e. The number of likely N-dealkylation sites (tertiary alicyclic amines) is 1. The van der Waals surface area contributed by atoms with Crippen LogP contribution in [0.1, 0.15) is 73.9 Å². The predicted molar refractivity (Wildman–Crippen MR) is 152 cm³/mol. The molecule has 9 nitrogen and oxygen atoms in total. The lowest BCUT2D eigenvalue weighted by Crippen LogP contribution is -2.56. The number of fused-ring (bicyclic) bond motifs is 3. The van der Waals surface area contributed by atoms with Crippen molar-refractivity contribution in [3.8, 4) is 0 Å². The third kappa shape index (κ3) is 4.32. The molecule has 3 aromatic rings. The zero-order valence-electron chi connectivity index (χ0n) is 22.9. The highest BCUT2D eigenvalue weighted by Gasteiger charge is 2.47. The Bertz CT molecular complexity index is 1550. The smallest absolute Gasteiger partial charge is 0.262 e. The fourth-order valence-corrected chi connectivity index (χ4v) is 7.12. The first-order valence-corrected chi connectivity index (χ1v) is 14.4. The van der Waals surface area contributed by atoms with E-state index in [1.807, 2.05) is 17.0 Å². The lowest BCUT2D eigenvalue weighted by atomic mass is 9.95. The Morgan fingerprint density at radius 3 is 1.93 bits per heavy atom. The maximum atomic E-state index is 13.9. The van der Waals surface area contributed by atoms with Gasteiger partial charge in [-0.1, -0.05) is 60.7 Å². The van der Waals surface area contributed by atoms with E-state index in [1.54, 1.807) is 6.07 Å². The first kappa shape index (κ1) is 26.3. The summed E-state index contributed by atoms with van der Waals surface area (Å²) in [6.45, 7) is 1.45. The van der Waals surface area contributed by atoms with Crippen LogP contribution in [0.2, 0.25) is 0 Å². The second kappa shape index (κ2) is 10.3. The fourth-order valence-electron chi connectivity index (χ4n) is 7.12. The molecule has 42 heavy (non-hydrogen) atoms. The molecule has 5 amide bonds. The number of carbonyl (C=O) groups excluding carboxylic acids is 5. The van der Waals surface area contributed by atoms with Gasteiger partial charge in [0.1, 0.15) is 6.04 Å². The fraction of sp³-hybridized carbons (Fsp3) is 0.303. The van der Waals surface area contributed by atoms with Crippen LogP contribution in [0.5, 0.6) is 0 Å². The lowest BCUT2D eigenvalue weighted by molar-refractivity contribution is -0.136. The maximum Gasteiger partial charge on any atom is 0.262 e. The van der Waals surface area contributed by atoms with E-state index in [2.05, 4.69) is 58.7 Å². The van der Waals surface area contributed by atoms with Crippen molar-refractivity contribution in [1.82, 2.24) is 20.0 Å². The highest BCUT2D eigenvalue weighted by Crippen LogP contribution is 2.38. The molecule has 9 heteroatoms. The Balaban J connectivity index is 1.13. The SMILES string of the molecule is O=C1CCC(N2C(=O)c3ccc(C(=O)N4C5CCC4CN(C(c4ccccc4)c4ccccc4)C5)cc3C2=O)C(=O)N1. The van der Waals surface area contributed by atoms with Crippen molar-refractivity contribution in [3.63, 3.8) is 0 Å². The number of carbonyl (C=O) groups is 5. The molecule has 4 aliphatic rings. The van der Waals surface area contributed by atoms with E-state index in [-0.39, 0.29) is 48.0 Å². The normalized spacial score (nSPS) is 23.9. The third-order valence-electron chi connectivity index (χ3n) is 9.03. The third-order valence-corrected chi connectivity index (χ3v) is 9.03. The second-order valence-corrected chi connectivity index (χ2v) is 11.5. The van der Waals surface area contributed by atoms with Gasteiger partial charge < -0.3 is 4.90 Å². The summed E-state index contributed by atoms with van der Waals surface area (Å²) in [7, 11) is 0. The minimum absolute atomic E-state index is 0.0248. The van der Waals surface area contributed by atoms with Crippen LogP contribution >= 0.6 is 0 Å². The van der Waals surface area contributed by atoms with Crippen molar-refractivity contribution in [2.24, 2.45) is 0 Å². The molecule has 3 fully saturated rings. The van der Waals surface area contributed by atoms with Crippen molar-refractivity contribution in [2.75, 3.05) is 13.1 Å². The van der Waals surface area contributed by atoms with Crippen molar-refractivity contribution in [2.45, 2.75) is 49.9 Å². The maximum absolute atomic E-state index is 13.9. The minimum atomic E-state index is -1.04. The van der Waals surface area contributed by atoms with Crippen LogP contribution in [0.15, 0.2) is 78.9 Å². The van der Waals surface area contributed by atoms with Gasteiger partial charge in [-0.3, -0.25) is 39.1 Å². The van der Waals surface area contributed by atoms with E-state index in [0.29, 0.717) is 5.56 Å². The van der Waals surface area contributed by atoms with Crippen LogP contribution < -0.4 is 5.32 Å². The largest absolute Gasteiger partial charge is 0.330 e. The van der Waals surface area contributed by atoms with Gasteiger partial charge in [-0.05, 0) is 48.6 Å². The molecule has 212 valence electrons. The van der Waals surface area contributed by atoms with E-state index < -0.39 is 29.7 Å². The van der Waals surface area contributed by atoms with Gasteiger partial charge in [0.05, 0.1) is 17.2 Å². The van der Waals surface area contributed by atoms with Gasteiger partial charge in [-0.15, -0.1) is 0 Å². The van der Waals surface area contributed by atoms with Crippen molar-refractivity contribution in [1.29, 1.82) is 0 Å². The van der Waals surface area contributed by atoms with Gasteiger partial charge in [0.2, 0.25) is 11.8 Å². The molecule has 3 unspecified atom stereocenters. The van der Waals surface area contributed by atoms with Gasteiger partial charge in [-0.2, -0.15) is 0 Å². The Morgan fingerprint density at radius 1 is 0.738 bits per heavy atom. The summed E-state index contributed by atoms with van der Waals surface area (Å²) >= 11 is 0. The Morgan fingerprint density at radius 2 is 1.33 bits per heavy atom. The number of piperidine rings is 1. The highest BCUT2D eigenvalue weighted by molar-refractivity contribution is 6.24. The molecule has 0 aromatic heterocycles. The Hall–Kier alpha value is -4.63. The summed E-state index contributed by atoms with van der Waals surface area (Å²) in [5.41, 5.74) is 3.07. The molecule has 3 aromatic carbocycles. The van der Waals surface area contributed by atoms with E-state index in [0.717, 1.165) is 30.8 Å². The number of hydrogen-bond donors (Lipinski definition) is 1. The standard InChI is InChI=1S/C33H30N4O5/c38-28-16-15-27(30(39)34-28)37-32(41)25-14-11-22(17-26(25)33(37)42)31(40)36-23-12-13-24(36)19-35(18-23)29(20-7-3-1-4-8-20)21-9-5-2-6-10-21/h1-11,14,17,23-24,27,29H,12-13,15-16,18-19H2,(H,34,38,39). The number of benzene rings is 3. The second-order valence-electron chi connectivity index (χ2n) is 11.5. The Kier molecular flexibility index (Phi) is 6.46. The number of imide groups is 2. The molecule has 0 saturated carbocycles. The molecule has 4 heterocycles. The average Bonchev–Trinajstić information content (AvgIpc) is 3.41. The highest BCUT2D eigenvalue weighted by atomic mass is 16.2. The Labute approximate surface area is 243 Å². The van der Waals surface area contributed by atoms with E-state index >= 15 is 0 Å². The molecule has 2 bridgehead atoms. The van der Waals surface area contributed by atoms with Crippen molar-refractivity contribution >= 4 is 29.5 Å². The van der Waals surface area contributed by atoms with Crippen LogP contribution in [-0.4, -0.2) is 75.5 Å². The summed E-state index contributed by atoms with van der Waals surface area (Å²) in [6.07, 6.45) is 1.93. The van der Waals surface area contributed by atoms with E-state index in [9.17, 15) is 24.0 Å². The summed E-state index contributed by atoms with van der Waals surface area (Å²) < 4.78 is 0. The summed E-state index contributed by atoms with van der Waals surface area (Å²) in [6, 6.07) is 24.6. The number of nitrogens with one attached hydrogen (secondary N) is 1. The van der Waals surface area contributed by atoms with Crippen LogP contribution in [0.3, 0.4) is 0 Å². The predicted octanol–water partition coefficient (Wildman–Crippen LogP) is 3.17. The zero-order chi connectivity index (χ0) is 29.0. The molecule has 7 rings (SSSR count). The molecule has 0 spiro atoms. The van der Waals surface area contributed by atoms with Crippen LogP contribution in [0, 0.1) is 0 Å². The molecular weight excluding hydrogens is 532 g/mol. The molecular formula is C33H30N4O5. The molecule has 0 radical (unpaired) electrons. The summed E-state index contributed by atoms with van der Waals surface area (Å²) in [5.74, 6) is -2.42. The monoisotopic (exact) mass is 562 g/mol. The first-order valence-electron chi connectivity index (χ1n) is 14.4. The molecule has 3 atom stereocenters. The van der Waals surface area contributed by atoms with Gasteiger partial charge >= 0.3 is 0 Å². The zero-order valence-corrected chi connectivity index (χ0v) is 22.9. The van der Waals surface area contributed by atoms with E-state index in [1.165, 1.54) is 23.3 Å². The molecule has 1 N–H and O–H groups in total. The number of amides is 5. The molecule has 4 aliphatic heterocycles. The quantitative estimate of drug-likeness (QED) is 0.479. The van der Waals surface area contributed by atoms with Gasteiger partial charge in [0, 0.05) is 37.2 Å². The summed E-state index contributed by atoms with van der Waals surface area (Å²) in [4.78, 5) is 69.7. The topological polar surface area (TPSA) is 107 Å². The summed E-state index contributed by atoms with van der Waals surface area (Å²) in [5, 5.41) is 2.21. The number of rotatable bonds is 5. The molecule has 3 saturated heterocycles. The van der Waals surface area contributed by atoms with Gasteiger partial charge in [0.15, 0.2) is 0 Å². The van der Waals surface area contributed by atoms with Gasteiger partial charge in [0.25, 0.3) is 17.7 Å². The average molecular weight is 563 g/mol. The lowest BCUT2D eigenvalue weighted by Gasteiger charge is -2.44. The van der Waals surface area contributed by atoms with E-state index in [4.69, 9.17) is 0 Å². The number of nitrogens with zero attached hydrogens (tertiary/aromatic N) is 3. The van der Waals surface area contributed by atoms with Crippen molar-refractivity contribution < 1.29 is 24.0 Å².